The van der Waals surface area contributed by atoms with Crippen LogP contribution in [0.4, 0.5) is 5.69 Å². The maximum atomic E-state index is 3.46. The molecule has 0 saturated heterocycles. The summed E-state index contributed by atoms with van der Waals surface area (Å²) >= 11 is 2.33. The molecule has 0 radical (unpaired) electrons. The number of halogens is 1. The Morgan fingerprint density at radius 1 is 0.938 bits per heavy atom. The van der Waals surface area contributed by atoms with E-state index in [0.717, 1.165) is 6.54 Å². The molecule has 90 valence electrons. The normalized spacial score (nSPS) is 10.4. The molecule has 0 aliphatic heterocycles. The van der Waals surface area contributed by atoms with Gasteiger partial charge in [-0.3, -0.25) is 0 Å². The van der Waals surface area contributed by atoms with Gasteiger partial charge in [-0.15, -0.1) is 0 Å². The predicted molar refractivity (Wildman–Crippen MR) is 81.0 cm³/mol. The molecule has 1 aromatic rings. The molecule has 0 atom stereocenters. The van der Waals surface area contributed by atoms with Crippen molar-refractivity contribution in [1.29, 1.82) is 0 Å². The van der Waals surface area contributed by atoms with Gasteiger partial charge in [0.1, 0.15) is 0 Å². The SMILES string of the molecule is CCCCCCCCNc1ccc(I)cc1. The van der Waals surface area contributed by atoms with Crippen LogP contribution in [0.3, 0.4) is 0 Å². The van der Waals surface area contributed by atoms with Crippen LogP contribution in [0.25, 0.3) is 0 Å². The van der Waals surface area contributed by atoms with Crippen molar-refractivity contribution in [2.75, 3.05) is 11.9 Å². The minimum atomic E-state index is 1.10. The summed E-state index contributed by atoms with van der Waals surface area (Å²) in [6.07, 6.45) is 8.17. The number of unbranched alkanes of at least 4 members (excludes halogenated alkanes) is 5. The first-order valence-corrected chi connectivity index (χ1v) is 7.40. The van der Waals surface area contributed by atoms with Gasteiger partial charge in [0.25, 0.3) is 0 Å². The Balaban J connectivity index is 2.01. The molecule has 0 aromatic heterocycles. The zero-order valence-electron chi connectivity index (χ0n) is 10.1. The van der Waals surface area contributed by atoms with Crippen molar-refractivity contribution in [2.24, 2.45) is 0 Å². The summed E-state index contributed by atoms with van der Waals surface area (Å²) in [6.45, 7) is 3.37. The van der Waals surface area contributed by atoms with E-state index in [2.05, 4.69) is 59.1 Å². The van der Waals surface area contributed by atoms with Crippen LogP contribution in [-0.4, -0.2) is 6.54 Å². The quantitative estimate of drug-likeness (QED) is 0.518. The first kappa shape index (κ1) is 13.8. The molecule has 1 nitrogen and oxygen atoms in total. The molecular weight excluding hydrogens is 309 g/mol. The highest BCUT2D eigenvalue weighted by Crippen LogP contribution is 2.11. The Kier molecular flexibility index (Phi) is 7.64. The highest BCUT2D eigenvalue weighted by atomic mass is 127. The second-order valence-electron chi connectivity index (χ2n) is 4.20. The first-order chi connectivity index (χ1) is 7.83. The number of nitrogens with one attached hydrogen (secondary N) is 1. The van der Waals surface area contributed by atoms with E-state index in [-0.39, 0.29) is 0 Å². The van der Waals surface area contributed by atoms with E-state index in [4.69, 9.17) is 0 Å². The predicted octanol–water partition coefficient (Wildman–Crippen LogP) is 5.06. The Bertz CT molecular complexity index is 269. The van der Waals surface area contributed by atoms with Crippen molar-refractivity contribution in [3.8, 4) is 0 Å². The zero-order valence-corrected chi connectivity index (χ0v) is 12.3. The van der Waals surface area contributed by atoms with Gasteiger partial charge in [-0.05, 0) is 53.3 Å². The van der Waals surface area contributed by atoms with Crippen molar-refractivity contribution in [1.82, 2.24) is 0 Å². The molecule has 0 unspecified atom stereocenters. The van der Waals surface area contributed by atoms with Crippen LogP contribution in [0, 0.1) is 3.57 Å². The summed E-state index contributed by atoms with van der Waals surface area (Å²) in [5.74, 6) is 0. The molecule has 1 rings (SSSR count). The fraction of sp³-hybridized carbons (Fsp3) is 0.571. The van der Waals surface area contributed by atoms with Crippen molar-refractivity contribution in [3.05, 3.63) is 27.8 Å². The maximum absolute atomic E-state index is 3.46. The Morgan fingerprint density at radius 3 is 2.25 bits per heavy atom. The smallest absolute Gasteiger partial charge is 0.0340 e. The van der Waals surface area contributed by atoms with Crippen molar-refractivity contribution in [2.45, 2.75) is 45.4 Å². The van der Waals surface area contributed by atoms with Crippen LogP contribution < -0.4 is 5.32 Å². The average molecular weight is 331 g/mol. The van der Waals surface area contributed by atoms with E-state index in [0.29, 0.717) is 0 Å². The van der Waals surface area contributed by atoms with Crippen LogP contribution in [0.1, 0.15) is 45.4 Å². The molecule has 0 heterocycles. The Labute approximate surface area is 113 Å². The summed E-state index contributed by atoms with van der Waals surface area (Å²) in [7, 11) is 0. The Morgan fingerprint density at radius 2 is 1.56 bits per heavy atom. The monoisotopic (exact) mass is 331 g/mol. The van der Waals surface area contributed by atoms with Crippen molar-refractivity contribution >= 4 is 28.3 Å². The summed E-state index contributed by atoms with van der Waals surface area (Å²) in [5, 5.41) is 3.46. The number of benzene rings is 1. The van der Waals surface area contributed by atoms with Gasteiger partial charge in [0.15, 0.2) is 0 Å². The third-order valence-electron chi connectivity index (χ3n) is 2.70. The number of hydrogen-bond donors (Lipinski definition) is 1. The van der Waals surface area contributed by atoms with Gasteiger partial charge in [0.2, 0.25) is 0 Å². The van der Waals surface area contributed by atoms with E-state index in [9.17, 15) is 0 Å². The third-order valence-corrected chi connectivity index (χ3v) is 3.42. The van der Waals surface area contributed by atoms with E-state index in [1.807, 2.05) is 0 Å². The minimum absolute atomic E-state index is 1.10. The van der Waals surface area contributed by atoms with Crippen molar-refractivity contribution < 1.29 is 0 Å². The van der Waals surface area contributed by atoms with E-state index >= 15 is 0 Å². The highest BCUT2D eigenvalue weighted by Gasteiger charge is 1.92. The van der Waals surface area contributed by atoms with E-state index in [1.54, 1.807) is 0 Å². The lowest BCUT2D eigenvalue weighted by atomic mass is 10.1. The van der Waals surface area contributed by atoms with Gasteiger partial charge < -0.3 is 5.32 Å². The van der Waals surface area contributed by atoms with Gasteiger partial charge in [-0.25, -0.2) is 0 Å². The van der Waals surface area contributed by atoms with Gasteiger partial charge >= 0.3 is 0 Å². The number of hydrogen-bond acceptors (Lipinski definition) is 1. The summed E-state index contributed by atoms with van der Waals surface area (Å²) in [6, 6.07) is 8.59. The van der Waals surface area contributed by atoms with Crippen LogP contribution in [-0.2, 0) is 0 Å². The summed E-state index contributed by atoms with van der Waals surface area (Å²) in [4.78, 5) is 0. The van der Waals surface area contributed by atoms with Crippen LogP contribution in [0.2, 0.25) is 0 Å². The molecule has 0 fully saturated rings. The number of rotatable bonds is 8. The molecule has 16 heavy (non-hydrogen) atoms. The fourth-order valence-corrected chi connectivity index (χ4v) is 2.07. The first-order valence-electron chi connectivity index (χ1n) is 6.32. The molecule has 0 aliphatic rings. The van der Waals surface area contributed by atoms with Gasteiger partial charge in [-0.2, -0.15) is 0 Å². The van der Waals surface area contributed by atoms with Gasteiger partial charge in [0.05, 0.1) is 0 Å². The van der Waals surface area contributed by atoms with E-state index in [1.165, 1.54) is 47.8 Å². The van der Waals surface area contributed by atoms with Crippen LogP contribution >= 0.6 is 22.6 Å². The molecule has 0 spiro atoms. The van der Waals surface area contributed by atoms with E-state index < -0.39 is 0 Å². The highest BCUT2D eigenvalue weighted by molar-refractivity contribution is 14.1. The minimum Gasteiger partial charge on any atom is -0.385 e. The molecule has 2 heteroatoms. The lowest BCUT2D eigenvalue weighted by Gasteiger charge is -2.06. The molecule has 0 saturated carbocycles. The molecule has 0 amide bonds. The van der Waals surface area contributed by atoms with Crippen LogP contribution in [0.5, 0.6) is 0 Å². The summed E-state index contributed by atoms with van der Waals surface area (Å²) < 4.78 is 1.29. The maximum Gasteiger partial charge on any atom is 0.0340 e. The molecule has 1 N–H and O–H groups in total. The van der Waals surface area contributed by atoms with Gasteiger partial charge in [0, 0.05) is 15.8 Å². The fourth-order valence-electron chi connectivity index (χ4n) is 1.71. The van der Waals surface area contributed by atoms with Gasteiger partial charge in [-0.1, -0.05) is 39.0 Å². The topological polar surface area (TPSA) is 12.0 Å². The Hall–Kier alpha value is -0.250. The molecule has 0 bridgehead atoms. The zero-order chi connectivity index (χ0) is 11.6. The lowest BCUT2D eigenvalue weighted by Crippen LogP contribution is -2.01. The molecule has 1 aromatic carbocycles. The average Bonchev–Trinajstić information content (AvgIpc) is 2.30. The van der Waals surface area contributed by atoms with Crippen LogP contribution in [0.15, 0.2) is 24.3 Å². The second-order valence-corrected chi connectivity index (χ2v) is 5.45. The standard InChI is InChI=1S/C14H22IN/c1-2-3-4-5-6-7-12-16-14-10-8-13(15)9-11-14/h8-11,16H,2-7,12H2,1H3. The second kappa shape index (κ2) is 8.85. The third kappa shape index (κ3) is 6.36. The number of anilines is 1. The summed E-state index contributed by atoms with van der Waals surface area (Å²) in [5.41, 5.74) is 1.24. The van der Waals surface area contributed by atoms with Crippen molar-refractivity contribution in [3.63, 3.8) is 0 Å². The lowest BCUT2D eigenvalue weighted by molar-refractivity contribution is 0.617. The molecular formula is C14H22IN. The largest absolute Gasteiger partial charge is 0.385 e. The molecule has 0 aliphatic carbocycles.